The number of aryl methyl sites for hydroxylation is 1. The highest BCUT2D eigenvalue weighted by Gasteiger charge is 2.23. The number of primary amides is 1. The van der Waals surface area contributed by atoms with E-state index in [1.54, 1.807) is 19.1 Å². The van der Waals surface area contributed by atoms with Crippen LogP contribution < -0.4 is 21.7 Å². The molecule has 7 nitrogen and oxygen atoms in total. The molecule has 0 aromatic heterocycles. The molecule has 1 fully saturated rings. The lowest BCUT2D eigenvalue weighted by molar-refractivity contribution is -0.124. The smallest absolute Gasteiger partial charge is 0.319 e. The van der Waals surface area contributed by atoms with Crippen molar-refractivity contribution in [2.24, 2.45) is 5.73 Å². The van der Waals surface area contributed by atoms with Crippen LogP contribution in [-0.2, 0) is 4.79 Å². The van der Waals surface area contributed by atoms with Crippen LogP contribution in [0, 0.1) is 6.92 Å². The number of nitrogens with two attached hydrogens (primary N) is 1. The largest absolute Gasteiger partial charge is 0.366 e. The summed E-state index contributed by atoms with van der Waals surface area (Å²) in [4.78, 5) is 34.7. The van der Waals surface area contributed by atoms with Crippen LogP contribution in [0.4, 0.5) is 10.5 Å². The van der Waals surface area contributed by atoms with E-state index < -0.39 is 18.0 Å². The molecule has 0 bridgehead atoms. The molecule has 0 unspecified atom stereocenters. The fourth-order valence-electron chi connectivity index (χ4n) is 2.14. The Bertz CT molecular complexity index is 586. The van der Waals surface area contributed by atoms with Gasteiger partial charge in [-0.05, 0) is 37.5 Å². The number of anilines is 1. The molecular formula is C14H18N4O3. The summed E-state index contributed by atoms with van der Waals surface area (Å²) < 4.78 is 0. The van der Waals surface area contributed by atoms with Crippen LogP contribution in [0.15, 0.2) is 18.2 Å². The molecule has 5 N–H and O–H groups in total. The number of rotatable bonds is 3. The maximum atomic E-state index is 11.9. The Balaban J connectivity index is 2.03. The number of nitrogens with one attached hydrogen (secondary N) is 3. The van der Waals surface area contributed by atoms with Gasteiger partial charge in [0, 0.05) is 17.8 Å². The second-order valence-electron chi connectivity index (χ2n) is 4.98. The molecule has 1 aliphatic rings. The number of urea groups is 1. The lowest BCUT2D eigenvalue weighted by Crippen LogP contribution is -2.51. The molecule has 1 aromatic rings. The summed E-state index contributed by atoms with van der Waals surface area (Å²) in [5, 5.41) is 7.94. The van der Waals surface area contributed by atoms with Crippen molar-refractivity contribution in [2.75, 3.05) is 11.9 Å². The van der Waals surface area contributed by atoms with Gasteiger partial charge in [0.25, 0.3) is 0 Å². The summed E-state index contributed by atoms with van der Waals surface area (Å²) in [5.74, 6) is -0.746. The molecule has 0 saturated carbocycles. The minimum Gasteiger partial charge on any atom is -0.366 e. The molecular weight excluding hydrogens is 272 g/mol. The first-order valence-electron chi connectivity index (χ1n) is 6.73. The summed E-state index contributed by atoms with van der Waals surface area (Å²) in [5.41, 5.74) is 6.80. The summed E-state index contributed by atoms with van der Waals surface area (Å²) in [6.07, 6.45) is 1.44. The minimum absolute atomic E-state index is 0.181. The van der Waals surface area contributed by atoms with Crippen molar-refractivity contribution in [3.05, 3.63) is 29.3 Å². The number of hydrogen-bond acceptors (Lipinski definition) is 3. The first-order chi connectivity index (χ1) is 9.97. The molecule has 7 heteroatoms. The van der Waals surface area contributed by atoms with E-state index in [1.807, 2.05) is 0 Å². The van der Waals surface area contributed by atoms with Gasteiger partial charge >= 0.3 is 6.03 Å². The number of amides is 4. The maximum Gasteiger partial charge on any atom is 0.319 e. The second kappa shape index (κ2) is 6.25. The molecule has 0 aliphatic carbocycles. The van der Waals surface area contributed by atoms with Crippen molar-refractivity contribution in [1.29, 1.82) is 0 Å². The van der Waals surface area contributed by atoms with Gasteiger partial charge < -0.3 is 21.7 Å². The van der Waals surface area contributed by atoms with Crippen molar-refractivity contribution < 1.29 is 14.4 Å². The minimum atomic E-state index is -0.565. The van der Waals surface area contributed by atoms with Gasteiger partial charge in [0.1, 0.15) is 6.04 Å². The van der Waals surface area contributed by atoms with E-state index in [-0.39, 0.29) is 5.91 Å². The molecule has 1 heterocycles. The van der Waals surface area contributed by atoms with Gasteiger partial charge in [0.05, 0.1) is 0 Å². The van der Waals surface area contributed by atoms with Crippen molar-refractivity contribution in [3.8, 4) is 0 Å². The SMILES string of the molecule is Cc1ccc(C(N)=O)cc1NC(=O)N[C@@H]1CCCNC1=O. The molecule has 0 spiro atoms. The van der Waals surface area contributed by atoms with E-state index >= 15 is 0 Å². The lowest BCUT2D eigenvalue weighted by Gasteiger charge is -2.23. The number of carbonyl (C=O) groups excluding carboxylic acids is 3. The normalized spacial score (nSPS) is 17.8. The Morgan fingerprint density at radius 2 is 2.14 bits per heavy atom. The molecule has 1 atom stereocenters. The first-order valence-corrected chi connectivity index (χ1v) is 6.73. The molecule has 2 rings (SSSR count). The Kier molecular flexibility index (Phi) is 4.42. The maximum absolute atomic E-state index is 11.9. The molecule has 0 radical (unpaired) electrons. The van der Waals surface area contributed by atoms with E-state index in [9.17, 15) is 14.4 Å². The van der Waals surface area contributed by atoms with Gasteiger partial charge in [-0.2, -0.15) is 0 Å². The van der Waals surface area contributed by atoms with E-state index in [1.165, 1.54) is 6.07 Å². The monoisotopic (exact) mass is 290 g/mol. The van der Waals surface area contributed by atoms with E-state index in [2.05, 4.69) is 16.0 Å². The molecule has 21 heavy (non-hydrogen) atoms. The van der Waals surface area contributed by atoms with E-state index in [0.717, 1.165) is 12.0 Å². The lowest BCUT2D eigenvalue weighted by atomic mass is 10.1. The van der Waals surface area contributed by atoms with Crippen molar-refractivity contribution in [1.82, 2.24) is 10.6 Å². The highest BCUT2D eigenvalue weighted by Crippen LogP contribution is 2.16. The average Bonchev–Trinajstić information content (AvgIpc) is 2.43. The summed E-state index contributed by atoms with van der Waals surface area (Å²) in [6.45, 7) is 2.44. The predicted octanol–water partition coefficient (Wildman–Crippen LogP) is 0.494. The fraction of sp³-hybridized carbons (Fsp3) is 0.357. The van der Waals surface area contributed by atoms with Gasteiger partial charge in [-0.3, -0.25) is 9.59 Å². The van der Waals surface area contributed by atoms with Gasteiger partial charge in [0.2, 0.25) is 11.8 Å². The molecule has 1 aliphatic heterocycles. The van der Waals surface area contributed by atoms with Crippen LogP contribution in [-0.4, -0.2) is 30.4 Å². The molecule has 1 saturated heterocycles. The fourth-order valence-corrected chi connectivity index (χ4v) is 2.14. The Hall–Kier alpha value is -2.57. The first kappa shape index (κ1) is 14.8. The number of carbonyl (C=O) groups is 3. The average molecular weight is 290 g/mol. The topological polar surface area (TPSA) is 113 Å². The van der Waals surface area contributed by atoms with Crippen LogP contribution in [0.5, 0.6) is 0 Å². The molecule has 112 valence electrons. The number of benzene rings is 1. The van der Waals surface area contributed by atoms with Crippen molar-refractivity contribution in [3.63, 3.8) is 0 Å². The highest BCUT2D eigenvalue weighted by molar-refractivity contribution is 5.97. The van der Waals surface area contributed by atoms with Crippen LogP contribution in [0.1, 0.15) is 28.8 Å². The van der Waals surface area contributed by atoms with E-state index in [0.29, 0.717) is 24.2 Å². The van der Waals surface area contributed by atoms with Crippen LogP contribution in [0.25, 0.3) is 0 Å². The predicted molar refractivity (Wildman–Crippen MR) is 77.9 cm³/mol. The van der Waals surface area contributed by atoms with E-state index in [4.69, 9.17) is 5.73 Å². The van der Waals surface area contributed by atoms with Crippen molar-refractivity contribution >= 4 is 23.5 Å². The third-order valence-corrected chi connectivity index (χ3v) is 3.36. The Labute approximate surface area is 122 Å². The standard InChI is InChI=1S/C14H18N4O3/c1-8-4-5-9(12(15)19)7-11(8)18-14(21)17-10-3-2-6-16-13(10)20/h4-5,7,10H,2-3,6H2,1H3,(H2,15,19)(H,16,20)(H2,17,18,21)/t10-/m1/s1. The van der Waals surface area contributed by atoms with Gasteiger partial charge in [-0.15, -0.1) is 0 Å². The van der Waals surface area contributed by atoms with Crippen LogP contribution >= 0.6 is 0 Å². The summed E-state index contributed by atoms with van der Waals surface area (Å²) >= 11 is 0. The molecule has 1 aromatic carbocycles. The van der Waals surface area contributed by atoms with Gasteiger partial charge in [-0.25, -0.2) is 4.79 Å². The quantitative estimate of drug-likeness (QED) is 0.649. The zero-order chi connectivity index (χ0) is 15.4. The Morgan fingerprint density at radius 3 is 2.81 bits per heavy atom. The number of hydrogen-bond donors (Lipinski definition) is 4. The van der Waals surface area contributed by atoms with Gasteiger partial charge in [-0.1, -0.05) is 6.07 Å². The summed E-state index contributed by atoms with van der Waals surface area (Å²) in [7, 11) is 0. The summed E-state index contributed by atoms with van der Waals surface area (Å²) in [6, 6.07) is 3.79. The third-order valence-electron chi connectivity index (χ3n) is 3.36. The third kappa shape index (κ3) is 3.71. The molecule has 4 amide bonds. The highest BCUT2D eigenvalue weighted by atomic mass is 16.2. The number of piperidine rings is 1. The zero-order valence-electron chi connectivity index (χ0n) is 11.7. The van der Waals surface area contributed by atoms with Crippen molar-refractivity contribution in [2.45, 2.75) is 25.8 Å². The van der Waals surface area contributed by atoms with Crippen LogP contribution in [0.3, 0.4) is 0 Å². The van der Waals surface area contributed by atoms with Gasteiger partial charge in [0.15, 0.2) is 0 Å². The second-order valence-corrected chi connectivity index (χ2v) is 4.98. The zero-order valence-corrected chi connectivity index (χ0v) is 11.7. The van der Waals surface area contributed by atoms with Crippen LogP contribution in [0.2, 0.25) is 0 Å². The Morgan fingerprint density at radius 1 is 1.38 bits per heavy atom.